The first-order chi connectivity index (χ1) is 12.3. The molecule has 26 heavy (non-hydrogen) atoms. The first kappa shape index (κ1) is 19.1. The van der Waals surface area contributed by atoms with Crippen molar-refractivity contribution in [2.45, 2.75) is 37.6 Å². The molecule has 3 rings (SSSR count). The number of hydrogen-bond donors (Lipinski definition) is 1. The molecule has 1 aromatic heterocycles. The normalized spacial score (nSPS) is 16.6. The highest BCUT2D eigenvalue weighted by Gasteiger charge is 2.31. The Kier molecular flexibility index (Phi) is 5.55. The molecule has 8 heteroatoms. The average Bonchev–Trinajstić information content (AvgIpc) is 3.01. The number of carbonyl (C=O) groups is 1. The standard InChI is InChI=1S/C18H21BrN2O4S/c1-12-3-5-16(13(2)11-12)26(23,24)21-9-7-14(8-10-21)20-18(22)15-4-6-17(19)25-15/h3-6,11,14H,7-10H2,1-2H3,(H,20,22). The topological polar surface area (TPSA) is 79.6 Å². The number of benzene rings is 1. The third kappa shape index (κ3) is 4.02. The van der Waals surface area contributed by atoms with Gasteiger partial charge in [-0.15, -0.1) is 0 Å². The van der Waals surface area contributed by atoms with Crippen molar-refractivity contribution in [1.29, 1.82) is 0 Å². The van der Waals surface area contributed by atoms with Gasteiger partial charge in [-0.25, -0.2) is 8.42 Å². The van der Waals surface area contributed by atoms with Crippen LogP contribution in [0.5, 0.6) is 0 Å². The molecular weight excluding hydrogens is 420 g/mol. The zero-order valence-electron chi connectivity index (χ0n) is 14.7. The van der Waals surface area contributed by atoms with Crippen LogP contribution in [0.25, 0.3) is 0 Å². The molecular formula is C18H21BrN2O4S. The van der Waals surface area contributed by atoms with Crippen molar-refractivity contribution in [3.63, 3.8) is 0 Å². The van der Waals surface area contributed by atoms with Crippen LogP contribution in [0.3, 0.4) is 0 Å². The van der Waals surface area contributed by atoms with Gasteiger partial charge >= 0.3 is 0 Å². The summed E-state index contributed by atoms with van der Waals surface area (Å²) in [4.78, 5) is 12.5. The molecule has 6 nitrogen and oxygen atoms in total. The number of furan rings is 1. The van der Waals surface area contributed by atoms with E-state index in [0.717, 1.165) is 11.1 Å². The van der Waals surface area contributed by atoms with E-state index in [9.17, 15) is 13.2 Å². The van der Waals surface area contributed by atoms with Gasteiger partial charge < -0.3 is 9.73 Å². The predicted molar refractivity (Wildman–Crippen MR) is 102 cm³/mol. The lowest BCUT2D eigenvalue weighted by Crippen LogP contribution is -2.46. The number of nitrogens with one attached hydrogen (secondary N) is 1. The number of rotatable bonds is 4. The maximum absolute atomic E-state index is 12.9. The molecule has 1 aliphatic heterocycles. The van der Waals surface area contributed by atoms with Gasteiger partial charge in [0.05, 0.1) is 4.90 Å². The molecule has 0 spiro atoms. The van der Waals surface area contributed by atoms with Crippen LogP contribution in [0, 0.1) is 13.8 Å². The lowest BCUT2D eigenvalue weighted by Gasteiger charge is -2.31. The maximum Gasteiger partial charge on any atom is 0.287 e. The molecule has 1 N–H and O–H groups in total. The molecule has 1 fully saturated rings. The summed E-state index contributed by atoms with van der Waals surface area (Å²) in [5.74, 6) is -0.0476. The van der Waals surface area contributed by atoms with Crippen molar-refractivity contribution >= 4 is 31.9 Å². The Balaban J connectivity index is 1.63. The molecule has 1 amide bonds. The quantitative estimate of drug-likeness (QED) is 0.790. The van der Waals surface area contributed by atoms with Crippen LogP contribution in [0.4, 0.5) is 0 Å². The van der Waals surface area contributed by atoms with Crippen molar-refractivity contribution < 1.29 is 17.6 Å². The second kappa shape index (κ2) is 7.54. The van der Waals surface area contributed by atoms with Crippen LogP contribution < -0.4 is 5.32 Å². The summed E-state index contributed by atoms with van der Waals surface area (Å²) in [6.45, 7) is 4.51. The number of nitrogens with zero attached hydrogens (tertiary/aromatic N) is 1. The number of halogens is 1. The van der Waals surface area contributed by atoms with E-state index in [2.05, 4.69) is 21.2 Å². The Bertz CT molecular complexity index is 915. The van der Waals surface area contributed by atoms with Crippen molar-refractivity contribution in [2.24, 2.45) is 0 Å². The van der Waals surface area contributed by atoms with Crippen molar-refractivity contribution in [1.82, 2.24) is 9.62 Å². The van der Waals surface area contributed by atoms with Crippen molar-refractivity contribution in [2.75, 3.05) is 13.1 Å². The summed E-state index contributed by atoms with van der Waals surface area (Å²) < 4.78 is 33.0. The highest BCUT2D eigenvalue weighted by Crippen LogP contribution is 2.24. The van der Waals surface area contributed by atoms with Gasteiger partial charge in [0.2, 0.25) is 10.0 Å². The largest absolute Gasteiger partial charge is 0.444 e. The molecule has 2 heterocycles. The number of sulfonamides is 1. The molecule has 1 saturated heterocycles. The monoisotopic (exact) mass is 440 g/mol. The summed E-state index contributed by atoms with van der Waals surface area (Å²) in [5.41, 5.74) is 1.79. The van der Waals surface area contributed by atoms with Gasteiger partial charge in [0, 0.05) is 19.1 Å². The van der Waals surface area contributed by atoms with Gasteiger partial charge in [0.1, 0.15) is 0 Å². The number of carbonyl (C=O) groups excluding carboxylic acids is 1. The molecule has 0 bridgehead atoms. The van der Waals surface area contributed by atoms with Gasteiger partial charge in [0.25, 0.3) is 5.91 Å². The van der Waals surface area contributed by atoms with Crippen molar-refractivity contribution in [3.8, 4) is 0 Å². The number of amides is 1. The smallest absolute Gasteiger partial charge is 0.287 e. The molecule has 2 aromatic rings. The SMILES string of the molecule is Cc1ccc(S(=O)(=O)N2CCC(NC(=O)c3ccc(Br)o3)CC2)c(C)c1. The zero-order chi connectivity index (χ0) is 18.9. The molecule has 0 radical (unpaired) electrons. The minimum Gasteiger partial charge on any atom is -0.444 e. The van der Waals surface area contributed by atoms with Gasteiger partial charge in [-0.1, -0.05) is 17.7 Å². The average molecular weight is 441 g/mol. The van der Waals surface area contributed by atoms with Gasteiger partial charge in [0.15, 0.2) is 10.4 Å². The Hall–Kier alpha value is -1.64. The minimum atomic E-state index is -3.51. The van der Waals surface area contributed by atoms with E-state index in [1.165, 1.54) is 4.31 Å². The fourth-order valence-corrected chi connectivity index (χ4v) is 5.14. The summed E-state index contributed by atoms with van der Waals surface area (Å²) in [5, 5.41) is 2.90. The van der Waals surface area contributed by atoms with Crippen LogP contribution in [0.1, 0.15) is 34.5 Å². The Morgan fingerprint density at radius 3 is 2.46 bits per heavy atom. The van der Waals surface area contributed by atoms with Crippen LogP contribution in [0.15, 0.2) is 44.3 Å². The summed E-state index contributed by atoms with van der Waals surface area (Å²) in [6, 6.07) is 8.54. The molecule has 0 saturated carbocycles. The molecule has 140 valence electrons. The molecule has 1 aromatic carbocycles. The summed E-state index contributed by atoms with van der Waals surface area (Å²) >= 11 is 3.17. The van der Waals surface area contributed by atoms with Crippen LogP contribution >= 0.6 is 15.9 Å². The Morgan fingerprint density at radius 1 is 1.19 bits per heavy atom. The Morgan fingerprint density at radius 2 is 1.88 bits per heavy atom. The number of hydrogen-bond acceptors (Lipinski definition) is 4. The first-order valence-corrected chi connectivity index (χ1v) is 10.6. The maximum atomic E-state index is 12.9. The lowest BCUT2D eigenvalue weighted by molar-refractivity contribution is 0.0894. The second-order valence-corrected chi connectivity index (χ2v) is 9.21. The minimum absolute atomic E-state index is 0.0723. The fourth-order valence-electron chi connectivity index (χ4n) is 3.16. The molecule has 0 unspecified atom stereocenters. The zero-order valence-corrected chi connectivity index (χ0v) is 17.1. The Labute approximate surface area is 161 Å². The van der Waals surface area contributed by atoms with Crippen LogP contribution in [0.2, 0.25) is 0 Å². The molecule has 0 aliphatic carbocycles. The van der Waals surface area contributed by atoms with E-state index in [1.54, 1.807) is 18.2 Å². The predicted octanol–water partition coefficient (Wildman–Crippen LogP) is 3.24. The van der Waals surface area contributed by atoms with Gasteiger partial charge in [-0.2, -0.15) is 4.31 Å². The van der Waals surface area contributed by atoms with E-state index in [1.807, 2.05) is 26.0 Å². The third-order valence-corrected chi connectivity index (χ3v) is 7.02. The fraction of sp³-hybridized carbons (Fsp3) is 0.389. The van der Waals surface area contributed by atoms with E-state index in [0.29, 0.717) is 35.5 Å². The summed E-state index contributed by atoms with van der Waals surface area (Å²) in [6.07, 6.45) is 1.13. The van der Waals surface area contributed by atoms with Gasteiger partial charge in [-0.3, -0.25) is 4.79 Å². The highest BCUT2D eigenvalue weighted by atomic mass is 79.9. The summed E-state index contributed by atoms with van der Waals surface area (Å²) in [7, 11) is -3.51. The number of piperidine rings is 1. The molecule has 0 atom stereocenters. The van der Waals surface area contributed by atoms with Crippen LogP contribution in [-0.4, -0.2) is 37.8 Å². The van der Waals surface area contributed by atoms with Crippen molar-refractivity contribution in [3.05, 3.63) is 51.9 Å². The lowest BCUT2D eigenvalue weighted by atomic mass is 10.1. The van der Waals surface area contributed by atoms with E-state index >= 15 is 0 Å². The third-order valence-electron chi connectivity index (χ3n) is 4.53. The van der Waals surface area contributed by atoms with Gasteiger partial charge in [-0.05, 0) is 66.4 Å². The van der Waals surface area contributed by atoms with E-state index in [4.69, 9.17) is 4.42 Å². The highest BCUT2D eigenvalue weighted by molar-refractivity contribution is 9.10. The van der Waals surface area contributed by atoms with E-state index in [-0.39, 0.29) is 17.7 Å². The van der Waals surface area contributed by atoms with E-state index < -0.39 is 10.0 Å². The second-order valence-electron chi connectivity index (χ2n) is 6.52. The van der Waals surface area contributed by atoms with Crippen LogP contribution in [-0.2, 0) is 10.0 Å². The molecule has 1 aliphatic rings. The number of aryl methyl sites for hydroxylation is 2. The first-order valence-electron chi connectivity index (χ1n) is 8.41.